The van der Waals surface area contributed by atoms with Crippen LogP contribution in [0.4, 0.5) is 0 Å². The SMILES string of the molecule is C[C@@H](NC(=O)c1ccc(CSc2ccccc2)cc1)c1ccc2c(c1)CCC2. The molecule has 1 aliphatic rings. The predicted octanol–water partition coefficient (Wildman–Crippen LogP) is 5.96. The van der Waals surface area contributed by atoms with E-state index in [9.17, 15) is 4.79 Å². The summed E-state index contributed by atoms with van der Waals surface area (Å²) >= 11 is 1.80. The fourth-order valence-corrected chi connectivity index (χ4v) is 4.54. The summed E-state index contributed by atoms with van der Waals surface area (Å²) in [6, 6.07) is 25.0. The number of thioether (sulfide) groups is 1. The summed E-state index contributed by atoms with van der Waals surface area (Å²) in [5, 5.41) is 3.14. The average molecular weight is 388 g/mol. The standard InChI is InChI=1S/C25H25NOS/c1-18(22-15-14-20-6-5-7-23(20)16-22)26-25(27)21-12-10-19(11-13-21)17-28-24-8-3-2-4-9-24/h2-4,8-16,18H,5-7,17H2,1H3,(H,26,27)/t18-/m1/s1. The number of benzene rings is 3. The first kappa shape index (κ1) is 18.8. The first-order valence-electron chi connectivity index (χ1n) is 9.88. The molecule has 0 aromatic heterocycles. The molecule has 0 unspecified atom stereocenters. The van der Waals surface area contributed by atoms with Crippen LogP contribution in [0.5, 0.6) is 0 Å². The van der Waals surface area contributed by atoms with Crippen molar-refractivity contribution in [2.24, 2.45) is 0 Å². The molecule has 0 aliphatic heterocycles. The number of carbonyl (C=O) groups excluding carboxylic acids is 1. The van der Waals surface area contributed by atoms with Crippen molar-refractivity contribution in [3.05, 3.63) is 101 Å². The van der Waals surface area contributed by atoms with Gasteiger partial charge in [0, 0.05) is 16.2 Å². The van der Waals surface area contributed by atoms with E-state index in [0.717, 1.165) is 12.2 Å². The third kappa shape index (κ3) is 4.48. The van der Waals surface area contributed by atoms with Crippen LogP contribution in [0.2, 0.25) is 0 Å². The number of carbonyl (C=O) groups is 1. The van der Waals surface area contributed by atoms with E-state index in [1.807, 2.05) is 30.3 Å². The van der Waals surface area contributed by atoms with E-state index in [4.69, 9.17) is 0 Å². The molecule has 3 heteroatoms. The van der Waals surface area contributed by atoms with Gasteiger partial charge >= 0.3 is 0 Å². The molecule has 0 heterocycles. The Hall–Kier alpha value is -2.52. The zero-order chi connectivity index (χ0) is 19.3. The molecule has 0 radical (unpaired) electrons. The Morgan fingerprint density at radius 2 is 1.71 bits per heavy atom. The number of hydrogen-bond acceptors (Lipinski definition) is 2. The lowest BCUT2D eigenvalue weighted by Gasteiger charge is -2.16. The molecular formula is C25H25NOS. The highest BCUT2D eigenvalue weighted by Crippen LogP contribution is 2.26. The van der Waals surface area contributed by atoms with Crippen LogP contribution in [0.25, 0.3) is 0 Å². The van der Waals surface area contributed by atoms with E-state index in [1.165, 1.54) is 40.0 Å². The molecule has 1 aliphatic carbocycles. The van der Waals surface area contributed by atoms with Gasteiger partial charge in [-0.2, -0.15) is 0 Å². The second-order valence-electron chi connectivity index (χ2n) is 7.38. The Labute approximate surface area is 171 Å². The highest BCUT2D eigenvalue weighted by atomic mass is 32.2. The number of hydrogen-bond donors (Lipinski definition) is 1. The van der Waals surface area contributed by atoms with Gasteiger partial charge in [0.25, 0.3) is 5.91 Å². The van der Waals surface area contributed by atoms with Crippen LogP contribution in [-0.2, 0) is 18.6 Å². The van der Waals surface area contributed by atoms with E-state index in [0.29, 0.717) is 5.56 Å². The topological polar surface area (TPSA) is 29.1 Å². The third-order valence-electron chi connectivity index (χ3n) is 5.33. The van der Waals surface area contributed by atoms with E-state index < -0.39 is 0 Å². The Morgan fingerprint density at radius 3 is 2.50 bits per heavy atom. The Morgan fingerprint density at radius 1 is 0.964 bits per heavy atom. The fraction of sp³-hybridized carbons (Fsp3) is 0.240. The zero-order valence-corrected chi connectivity index (χ0v) is 17.0. The van der Waals surface area contributed by atoms with Crippen molar-refractivity contribution in [3.63, 3.8) is 0 Å². The minimum Gasteiger partial charge on any atom is -0.346 e. The van der Waals surface area contributed by atoms with Crippen molar-refractivity contribution in [1.29, 1.82) is 0 Å². The minimum absolute atomic E-state index is 0.00622. The second kappa shape index (κ2) is 8.66. The number of nitrogens with one attached hydrogen (secondary N) is 1. The van der Waals surface area contributed by atoms with Gasteiger partial charge in [0.15, 0.2) is 0 Å². The summed E-state index contributed by atoms with van der Waals surface area (Å²) in [4.78, 5) is 13.9. The largest absolute Gasteiger partial charge is 0.346 e. The molecule has 1 atom stereocenters. The normalized spacial score (nSPS) is 13.8. The summed E-state index contributed by atoms with van der Waals surface area (Å²) in [7, 11) is 0. The summed E-state index contributed by atoms with van der Waals surface area (Å²) < 4.78 is 0. The van der Waals surface area contributed by atoms with Gasteiger partial charge in [0.2, 0.25) is 0 Å². The van der Waals surface area contributed by atoms with Gasteiger partial charge < -0.3 is 5.32 Å². The Balaban J connectivity index is 1.35. The molecule has 0 spiro atoms. The summed E-state index contributed by atoms with van der Waals surface area (Å²) in [6.07, 6.45) is 3.59. The van der Waals surface area contributed by atoms with Gasteiger partial charge in [0.1, 0.15) is 0 Å². The van der Waals surface area contributed by atoms with Crippen LogP contribution in [0.1, 0.15) is 52.0 Å². The van der Waals surface area contributed by atoms with Crippen molar-refractivity contribution >= 4 is 17.7 Å². The molecule has 0 bridgehead atoms. The fourth-order valence-electron chi connectivity index (χ4n) is 3.66. The van der Waals surface area contributed by atoms with Crippen molar-refractivity contribution in [1.82, 2.24) is 5.32 Å². The molecule has 1 amide bonds. The van der Waals surface area contributed by atoms with Gasteiger partial charge in [-0.15, -0.1) is 11.8 Å². The quantitative estimate of drug-likeness (QED) is 0.529. The molecule has 0 saturated carbocycles. The van der Waals surface area contributed by atoms with Crippen LogP contribution in [-0.4, -0.2) is 5.91 Å². The summed E-state index contributed by atoms with van der Waals surface area (Å²) in [5.74, 6) is 0.882. The molecular weight excluding hydrogens is 362 g/mol. The van der Waals surface area contributed by atoms with E-state index >= 15 is 0 Å². The van der Waals surface area contributed by atoms with Crippen LogP contribution in [0, 0.1) is 0 Å². The molecule has 3 aromatic rings. The maximum Gasteiger partial charge on any atom is 0.251 e. The Kier molecular flexibility index (Phi) is 5.82. The minimum atomic E-state index is -0.0183. The van der Waals surface area contributed by atoms with Gasteiger partial charge in [-0.1, -0.05) is 48.5 Å². The highest BCUT2D eigenvalue weighted by Gasteiger charge is 2.15. The van der Waals surface area contributed by atoms with Gasteiger partial charge in [-0.05, 0) is 72.7 Å². The van der Waals surface area contributed by atoms with E-state index in [2.05, 4.69) is 54.7 Å². The maximum absolute atomic E-state index is 12.6. The number of aryl methyl sites for hydroxylation is 2. The lowest BCUT2D eigenvalue weighted by Crippen LogP contribution is -2.26. The predicted molar refractivity (Wildman–Crippen MR) is 117 cm³/mol. The lowest BCUT2D eigenvalue weighted by molar-refractivity contribution is 0.0940. The number of amides is 1. The third-order valence-corrected chi connectivity index (χ3v) is 6.42. The molecule has 1 N–H and O–H groups in total. The van der Waals surface area contributed by atoms with Crippen LogP contribution >= 0.6 is 11.8 Å². The van der Waals surface area contributed by atoms with E-state index in [1.54, 1.807) is 11.8 Å². The van der Waals surface area contributed by atoms with Gasteiger partial charge in [-0.3, -0.25) is 4.79 Å². The molecule has 4 rings (SSSR count). The molecule has 3 aromatic carbocycles. The molecule has 28 heavy (non-hydrogen) atoms. The molecule has 2 nitrogen and oxygen atoms in total. The lowest BCUT2D eigenvalue weighted by atomic mass is 10.0. The molecule has 0 saturated heterocycles. The maximum atomic E-state index is 12.6. The molecule has 142 valence electrons. The number of fused-ring (bicyclic) bond motifs is 1. The highest BCUT2D eigenvalue weighted by molar-refractivity contribution is 7.98. The van der Waals surface area contributed by atoms with Crippen LogP contribution in [0.15, 0.2) is 77.7 Å². The summed E-state index contributed by atoms with van der Waals surface area (Å²) in [5.41, 5.74) is 6.02. The van der Waals surface area contributed by atoms with Crippen molar-refractivity contribution in [2.45, 2.75) is 42.9 Å². The smallest absolute Gasteiger partial charge is 0.251 e. The average Bonchev–Trinajstić information content (AvgIpc) is 3.21. The van der Waals surface area contributed by atoms with Crippen molar-refractivity contribution < 1.29 is 4.79 Å². The Bertz CT molecular complexity index is 950. The monoisotopic (exact) mass is 387 g/mol. The number of rotatable bonds is 6. The first-order chi connectivity index (χ1) is 13.7. The van der Waals surface area contributed by atoms with Gasteiger partial charge in [0.05, 0.1) is 6.04 Å². The van der Waals surface area contributed by atoms with E-state index in [-0.39, 0.29) is 11.9 Å². The first-order valence-corrected chi connectivity index (χ1v) is 10.9. The van der Waals surface area contributed by atoms with Crippen LogP contribution < -0.4 is 5.32 Å². The van der Waals surface area contributed by atoms with Crippen molar-refractivity contribution in [2.75, 3.05) is 0 Å². The zero-order valence-electron chi connectivity index (χ0n) is 16.2. The van der Waals surface area contributed by atoms with Gasteiger partial charge in [-0.25, -0.2) is 0 Å². The second-order valence-corrected chi connectivity index (χ2v) is 8.42. The van der Waals surface area contributed by atoms with Crippen molar-refractivity contribution in [3.8, 4) is 0 Å². The summed E-state index contributed by atoms with van der Waals surface area (Å²) in [6.45, 7) is 2.06. The van der Waals surface area contributed by atoms with Crippen LogP contribution in [0.3, 0.4) is 0 Å². The molecule has 0 fully saturated rings.